The van der Waals surface area contributed by atoms with E-state index in [0.717, 1.165) is 5.75 Å². The van der Waals surface area contributed by atoms with E-state index in [1.165, 1.54) is 18.2 Å². The predicted octanol–water partition coefficient (Wildman–Crippen LogP) is 3.03. The lowest BCUT2D eigenvalue weighted by Crippen LogP contribution is -2.32. The molecule has 0 saturated carbocycles. The van der Waals surface area contributed by atoms with Gasteiger partial charge in [-0.1, -0.05) is 6.07 Å². The van der Waals surface area contributed by atoms with Crippen LogP contribution >= 0.6 is 0 Å². The van der Waals surface area contributed by atoms with Crippen molar-refractivity contribution in [2.75, 3.05) is 25.6 Å². The third-order valence-electron chi connectivity index (χ3n) is 2.80. The highest BCUT2D eigenvalue weighted by Gasteiger charge is 2.02. The monoisotopic (exact) mass is 304 g/mol. The van der Waals surface area contributed by atoms with Crippen LogP contribution in [0.25, 0.3) is 0 Å². The number of anilines is 1. The number of hydrogen-bond donors (Lipinski definition) is 2. The number of urea groups is 1. The van der Waals surface area contributed by atoms with Gasteiger partial charge < -0.3 is 20.1 Å². The Kier molecular flexibility index (Phi) is 5.59. The molecule has 5 nitrogen and oxygen atoms in total. The molecule has 0 aliphatic rings. The van der Waals surface area contributed by atoms with Gasteiger partial charge in [0.1, 0.15) is 23.9 Å². The van der Waals surface area contributed by atoms with Crippen molar-refractivity contribution in [1.29, 1.82) is 0 Å². The number of hydrogen-bond acceptors (Lipinski definition) is 3. The van der Waals surface area contributed by atoms with Crippen LogP contribution < -0.4 is 20.1 Å². The van der Waals surface area contributed by atoms with Crippen molar-refractivity contribution in [3.05, 3.63) is 54.3 Å². The molecule has 0 aliphatic heterocycles. The number of halogens is 1. The highest BCUT2D eigenvalue weighted by atomic mass is 19.1. The second-order valence-corrected chi connectivity index (χ2v) is 4.42. The van der Waals surface area contributed by atoms with Gasteiger partial charge in [-0.25, -0.2) is 9.18 Å². The lowest BCUT2D eigenvalue weighted by molar-refractivity contribution is 0.247. The van der Waals surface area contributed by atoms with Gasteiger partial charge >= 0.3 is 6.03 Å². The van der Waals surface area contributed by atoms with Crippen molar-refractivity contribution in [2.24, 2.45) is 0 Å². The summed E-state index contributed by atoms with van der Waals surface area (Å²) in [6.07, 6.45) is 0. The lowest BCUT2D eigenvalue weighted by Gasteiger charge is -2.09. The van der Waals surface area contributed by atoms with E-state index >= 15 is 0 Å². The van der Waals surface area contributed by atoms with Gasteiger partial charge in [0, 0.05) is 5.69 Å². The van der Waals surface area contributed by atoms with Crippen molar-refractivity contribution in [3.8, 4) is 11.5 Å². The van der Waals surface area contributed by atoms with E-state index in [4.69, 9.17) is 9.47 Å². The van der Waals surface area contributed by atoms with E-state index < -0.39 is 11.8 Å². The van der Waals surface area contributed by atoms with Crippen molar-refractivity contribution < 1.29 is 18.7 Å². The molecule has 0 unspecified atom stereocenters. The second-order valence-electron chi connectivity index (χ2n) is 4.42. The van der Waals surface area contributed by atoms with Crippen molar-refractivity contribution in [1.82, 2.24) is 5.32 Å². The molecular weight excluding hydrogens is 287 g/mol. The second kappa shape index (κ2) is 7.87. The Hall–Kier alpha value is -2.76. The van der Waals surface area contributed by atoms with Crippen LogP contribution in [0.3, 0.4) is 0 Å². The molecule has 0 spiro atoms. The normalized spacial score (nSPS) is 9.91. The third kappa shape index (κ3) is 4.97. The number of ether oxygens (including phenoxy) is 2. The van der Waals surface area contributed by atoms with E-state index in [0.29, 0.717) is 24.6 Å². The summed E-state index contributed by atoms with van der Waals surface area (Å²) < 4.78 is 23.5. The molecule has 2 N–H and O–H groups in total. The molecule has 6 heteroatoms. The number of nitrogens with one attached hydrogen (secondary N) is 2. The summed E-state index contributed by atoms with van der Waals surface area (Å²) in [6, 6.07) is 12.4. The number of carbonyl (C=O) groups excluding carboxylic acids is 1. The van der Waals surface area contributed by atoms with E-state index in [1.54, 1.807) is 37.4 Å². The Bertz CT molecular complexity index is 617. The van der Waals surface area contributed by atoms with Gasteiger partial charge in [-0.05, 0) is 42.5 Å². The Morgan fingerprint density at radius 3 is 2.55 bits per heavy atom. The molecule has 0 fully saturated rings. The smallest absolute Gasteiger partial charge is 0.319 e. The first kappa shape index (κ1) is 15.6. The molecule has 0 aliphatic carbocycles. The molecule has 0 bridgehead atoms. The fourth-order valence-corrected chi connectivity index (χ4v) is 1.75. The van der Waals surface area contributed by atoms with Crippen LogP contribution in [0.1, 0.15) is 0 Å². The molecule has 0 saturated heterocycles. The van der Waals surface area contributed by atoms with Crippen LogP contribution in [-0.4, -0.2) is 26.3 Å². The molecule has 0 heterocycles. The highest BCUT2D eigenvalue weighted by Crippen LogP contribution is 2.16. The van der Waals surface area contributed by atoms with Gasteiger partial charge in [-0.15, -0.1) is 0 Å². The molecule has 0 radical (unpaired) electrons. The minimum atomic E-state index is -0.413. The van der Waals surface area contributed by atoms with Gasteiger partial charge in [0.15, 0.2) is 0 Å². The standard InChI is InChI=1S/C16H17FN2O3/c1-21-14-5-7-15(8-6-14)22-10-9-18-16(20)19-13-4-2-3-12(17)11-13/h2-8,11H,9-10H2,1H3,(H2,18,19,20). The van der Waals surface area contributed by atoms with Crippen LogP contribution in [0, 0.1) is 5.82 Å². The summed E-state index contributed by atoms with van der Waals surface area (Å²) >= 11 is 0. The molecule has 0 atom stereocenters. The van der Waals surface area contributed by atoms with Crippen LogP contribution in [0.2, 0.25) is 0 Å². The van der Waals surface area contributed by atoms with Gasteiger partial charge in [-0.3, -0.25) is 0 Å². The first-order chi connectivity index (χ1) is 10.7. The molecule has 2 aromatic rings. The fraction of sp³-hybridized carbons (Fsp3) is 0.188. The van der Waals surface area contributed by atoms with Crippen molar-refractivity contribution >= 4 is 11.7 Å². The highest BCUT2D eigenvalue weighted by molar-refractivity contribution is 5.89. The Morgan fingerprint density at radius 2 is 1.86 bits per heavy atom. The van der Waals surface area contributed by atoms with Gasteiger partial charge in [0.05, 0.1) is 13.7 Å². The zero-order valence-corrected chi connectivity index (χ0v) is 12.1. The maximum atomic E-state index is 13.0. The minimum absolute atomic E-state index is 0.322. The zero-order valence-electron chi connectivity index (χ0n) is 12.1. The molecule has 2 aromatic carbocycles. The van der Waals surface area contributed by atoms with Crippen LogP contribution in [0.15, 0.2) is 48.5 Å². The van der Waals surface area contributed by atoms with E-state index in [2.05, 4.69) is 10.6 Å². The number of carbonyl (C=O) groups is 1. The van der Waals surface area contributed by atoms with E-state index in [1.807, 2.05) is 0 Å². The molecule has 22 heavy (non-hydrogen) atoms. The third-order valence-corrected chi connectivity index (χ3v) is 2.80. The maximum absolute atomic E-state index is 13.0. The largest absolute Gasteiger partial charge is 0.497 e. The average molecular weight is 304 g/mol. The summed E-state index contributed by atoms with van der Waals surface area (Å²) in [5, 5.41) is 5.16. The number of rotatable bonds is 6. The van der Waals surface area contributed by atoms with Crippen LogP contribution in [-0.2, 0) is 0 Å². The quantitative estimate of drug-likeness (QED) is 0.806. The fourth-order valence-electron chi connectivity index (χ4n) is 1.75. The molecule has 0 aromatic heterocycles. The zero-order chi connectivity index (χ0) is 15.8. The predicted molar refractivity (Wildman–Crippen MR) is 81.9 cm³/mol. The number of methoxy groups -OCH3 is 1. The Morgan fingerprint density at radius 1 is 1.14 bits per heavy atom. The first-order valence-corrected chi connectivity index (χ1v) is 6.74. The summed E-state index contributed by atoms with van der Waals surface area (Å²) in [5.41, 5.74) is 0.397. The lowest BCUT2D eigenvalue weighted by atomic mass is 10.3. The SMILES string of the molecule is COc1ccc(OCCNC(=O)Nc2cccc(F)c2)cc1. The molecule has 2 amide bonds. The molecule has 2 rings (SSSR count). The Labute approximate surface area is 128 Å². The van der Waals surface area contributed by atoms with Crippen molar-refractivity contribution in [2.45, 2.75) is 0 Å². The average Bonchev–Trinajstić information content (AvgIpc) is 2.52. The van der Waals surface area contributed by atoms with Gasteiger partial charge in [0.2, 0.25) is 0 Å². The topological polar surface area (TPSA) is 59.6 Å². The van der Waals surface area contributed by atoms with E-state index in [9.17, 15) is 9.18 Å². The van der Waals surface area contributed by atoms with Gasteiger partial charge in [-0.2, -0.15) is 0 Å². The van der Waals surface area contributed by atoms with Crippen LogP contribution in [0.5, 0.6) is 11.5 Å². The van der Waals surface area contributed by atoms with Crippen molar-refractivity contribution in [3.63, 3.8) is 0 Å². The summed E-state index contributed by atoms with van der Waals surface area (Å²) in [6.45, 7) is 0.649. The summed E-state index contributed by atoms with van der Waals surface area (Å²) in [4.78, 5) is 11.6. The van der Waals surface area contributed by atoms with E-state index in [-0.39, 0.29) is 0 Å². The first-order valence-electron chi connectivity index (χ1n) is 6.74. The van der Waals surface area contributed by atoms with Gasteiger partial charge in [0.25, 0.3) is 0 Å². The molecule has 116 valence electrons. The summed E-state index contributed by atoms with van der Waals surface area (Å²) in [7, 11) is 1.59. The Balaban J connectivity index is 1.68. The number of amides is 2. The minimum Gasteiger partial charge on any atom is -0.497 e. The molecular formula is C16H17FN2O3. The van der Waals surface area contributed by atoms with Crippen LogP contribution in [0.4, 0.5) is 14.9 Å². The number of benzene rings is 2. The maximum Gasteiger partial charge on any atom is 0.319 e. The summed E-state index contributed by atoms with van der Waals surface area (Å²) in [5.74, 6) is 1.04.